The van der Waals surface area contributed by atoms with Crippen molar-refractivity contribution in [2.45, 2.75) is 138 Å². The van der Waals surface area contributed by atoms with E-state index in [1.165, 1.54) is 51.3 Å². The van der Waals surface area contributed by atoms with Gasteiger partial charge in [0.15, 0.2) is 0 Å². The average molecular weight is 864 g/mol. The number of carboxylic acid groups (broad SMARTS) is 1. The summed E-state index contributed by atoms with van der Waals surface area (Å²) in [7, 11) is 0. The van der Waals surface area contributed by atoms with E-state index in [0.29, 0.717) is 29.4 Å². The Hall–Kier alpha value is -4.12. The van der Waals surface area contributed by atoms with E-state index in [-0.39, 0.29) is 31.4 Å². The van der Waals surface area contributed by atoms with Crippen LogP contribution in [0.15, 0.2) is 70.1 Å². The fourth-order valence-electron chi connectivity index (χ4n) is 5.15. The number of ether oxygens (including phenoxy) is 1. The number of carbonyl (C=O) groups is 6. The van der Waals surface area contributed by atoms with Gasteiger partial charge in [0.2, 0.25) is 11.8 Å². The standard InChI is InChI=1S/C43H69N5O9S2/c1-30(2)12-8-13-31(3)14-9-16-33(5)24-26-58-28-36(42(54)47-44)45-39(50)21-23-41(53)57-35(7)19-11-18-32(4)15-10-17-34(6)25-27-59-29-37(43(55)48-56)46-38(49)20-22-40(51)52/h12,14-15,19,24-25,36-37,56H,8-11,13,16-18,20-23,26-29,44H2,1-7H3,(H,45,50)(H,46,49)(H,47,54)(H,48,55)(H,51,52)/b31-14+,32-15+,33-24+,34-25+,35-19+. The largest absolute Gasteiger partial charge is 0.481 e. The molecule has 0 heterocycles. The molecule has 0 spiro atoms. The Morgan fingerprint density at radius 1 is 0.576 bits per heavy atom. The summed E-state index contributed by atoms with van der Waals surface area (Å²) in [5.74, 6) is 3.65. The first-order chi connectivity index (χ1) is 28.0. The third-order valence-corrected chi connectivity index (χ3v) is 10.7. The van der Waals surface area contributed by atoms with E-state index in [0.717, 1.165) is 50.5 Å². The molecule has 0 aliphatic rings. The first-order valence-electron chi connectivity index (χ1n) is 20.0. The second-order valence-corrected chi connectivity index (χ2v) is 16.8. The van der Waals surface area contributed by atoms with Crippen LogP contribution >= 0.6 is 23.5 Å². The van der Waals surface area contributed by atoms with Gasteiger partial charge in [-0.15, -0.1) is 0 Å². The van der Waals surface area contributed by atoms with Crippen LogP contribution in [-0.4, -0.2) is 81.0 Å². The number of rotatable bonds is 31. The van der Waals surface area contributed by atoms with Crippen LogP contribution in [0.5, 0.6) is 0 Å². The fraction of sp³-hybridized carbons (Fsp3) is 0.581. The highest BCUT2D eigenvalue weighted by molar-refractivity contribution is 7.99. The number of hydrogen-bond acceptors (Lipinski definition) is 11. The Morgan fingerprint density at radius 2 is 1.00 bits per heavy atom. The van der Waals surface area contributed by atoms with Crippen LogP contribution < -0.4 is 27.4 Å². The van der Waals surface area contributed by atoms with E-state index in [1.54, 1.807) is 6.92 Å². The quantitative estimate of drug-likeness (QED) is 0.00554. The van der Waals surface area contributed by atoms with Gasteiger partial charge < -0.3 is 20.5 Å². The third kappa shape index (κ3) is 31.5. The molecule has 59 heavy (non-hydrogen) atoms. The Bertz CT molecular complexity index is 1550. The molecule has 4 amide bonds. The number of hydroxylamine groups is 1. The average Bonchev–Trinajstić information content (AvgIpc) is 3.17. The van der Waals surface area contributed by atoms with Gasteiger partial charge in [0, 0.05) is 35.9 Å². The van der Waals surface area contributed by atoms with Gasteiger partial charge in [0.05, 0.1) is 12.8 Å². The third-order valence-electron chi connectivity index (χ3n) is 8.75. The number of nitrogens with one attached hydrogen (secondary N) is 4. The number of esters is 1. The van der Waals surface area contributed by atoms with Crippen LogP contribution in [0.4, 0.5) is 0 Å². The van der Waals surface area contributed by atoms with Crippen LogP contribution in [0, 0.1) is 0 Å². The van der Waals surface area contributed by atoms with E-state index in [4.69, 9.17) is 20.9 Å². The van der Waals surface area contributed by atoms with Crippen LogP contribution in [0.25, 0.3) is 0 Å². The van der Waals surface area contributed by atoms with Gasteiger partial charge in [-0.2, -0.15) is 23.5 Å². The first-order valence-corrected chi connectivity index (χ1v) is 22.3. The molecule has 0 radical (unpaired) electrons. The van der Waals surface area contributed by atoms with Gasteiger partial charge in [0.25, 0.3) is 11.8 Å². The molecular weight excluding hydrogens is 795 g/mol. The molecule has 0 aliphatic carbocycles. The molecule has 16 heteroatoms. The molecule has 2 atom stereocenters. The summed E-state index contributed by atoms with van der Waals surface area (Å²) in [4.78, 5) is 71.8. The zero-order chi connectivity index (χ0) is 44.6. The normalized spacial score (nSPS) is 13.5. The molecule has 0 aromatic heterocycles. The van der Waals surface area contributed by atoms with Gasteiger partial charge in [-0.25, -0.2) is 11.3 Å². The molecule has 8 N–H and O–H groups in total. The molecule has 0 saturated carbocycles. The predicted octanol–water partition coefficient (Wildman–Crippen LogP) is 6.88. The molecule has 0 aromatic rings. The van der Waals surface area contributed by atoms with Crippen molar-refractivity contribution in [3.05, 3.63) is 70.1 Å². The highest BCUT2D eigenvalue weighted by Gasteiger charge is 2.22. The maximum Gasteiger partial charge on any atom is 0.311 e. The van der Waals surface area contributed by atoms with Crippen molar-refractivity contribution in [3.8, 4) is 0 Å². The monoisotopic (exact) mass is 863 g/mol. The minimum absolute atomic E-state index is 0.129. The SMILES string of the molecule is CC(C)=CCC/C(C)=C/CC/C(C)=C/CSCC(NC(=O)CCC(=O)O/C(C)=C/CC/C(C)=C/CC/C(C)=C/CSCC(NC(=O)CCC(=O)O)C(=O)NO)C(=O)NN. The van der Waals surface area contributed by atoms with Gasteiger partial charge in [0.1, 0.15) is 17.8 Å². The van der Waals surface area contributed by atoms with Crippen molar-refractivity contribution in [2.75, 3.05) is 23.0 Å². The molecule has 332 valence electrons. The number of hydrogen-bond donors (Lipinski definition) is 7. The molecule has 0 bridgehead atoms. The Morgan fingerprint density at radius 3 is 1.44 bits per heavy atom. The molecule has 0 rings (SSSR count). The van der Waals surface area contributed by atoms with Crippen molar-refractivity contribution in [1.82, 2.24) is 21.5 Å². The van der Waals surface area contributed by atoms with Crippen molar-refractivity contribution < 1.29 is 43.8 Å². The molecule has 0 saturated heterocycles. The lowest BCUT2D eigenvalue weighted by Crippen LogP contribution is -2.50. The molecular formula is C43H69N5O9S2. The van der Waals surface area contributed by atoms with Gasteiger partial charge in [-0.1, -0.05) is 58.2 Å². The zero-order valence-corrected chi connectivity index (χ0v) is 37.7. The highest BCUT2D eigenvalue weighted by atomic mass is 32.2. The van der Waals surface area contributed by atoms with E-state index < -0.39 is 47.7 Å². The van der Waals surface area contributed by atoms with E-state index >= 15 is 0 Å². The maximum atomic E-state index is 12.6. The number of hydrazine groups is 1. The lowest BCUT2D eigenvalue weighted by molar-refractivity contribution is -0.141. The fourth-order valence-corrected chi connectivity index (χ4v) is 7.17. The van der Waals surface area contributed by atoms with E-state index in [9.17, 15) is 28.8 Å². The summed E-state index contributed by atoms with van der Waals surface area (Å²) in [6.07, 6.45) is 19.0. The Kier molecular flexibility index (Phi) is 31.3. The smallest absolute Gasteiger partial charge is 0.311 e. The van der Waals surface area contributed by atoms with Gasteiger partial charge >= 0.3 is 11.9 Å². The topological polar surface area (TPSA) is 226 Å². The number of carboxylic acids is 1. The number of amides is 4. The van der Waals surface area contributed by atoms with E-state index in [2.05, 4.69) is 68.1 Å². The minimum Gasteiger partial charge on any atom is -0.481 e. The summed E-state index contributed by atoms with van der Waals surface area (Å²) >= 11 is 2.90. The first kappa shape index (κ1) is 54.9. The van der Waals surface area contributed by atoms with Crippen LogP contribution in [0.3, 0.4) is 0 Å². The lowest BCUT2D eigenvalue weighted by Gasteiger charge is -2.16. The molecule has 0 aliphatic heterocycles. The Labute approximate surface area is 359 Å². The highest BCUT2D eigenvalue weighted by Crippen LogP contribution is 2.15. The summed E-state index contributed by atoms with van der Waals surface area (Å²) in [5, 5.41) is 22.8. The maximum absolute atomic E-state index is 12.6. The second-order valence-electron chi connectivity index (χ2n) is 14.6. The van der Waals surface area contributed by atoms with Crippen LogP contribution in [-0.2, 0) is 33.5 Å². The minimum atomic E-state index is -1.12. The molecule has 2 unspecified atom stereocenters. The van der Waals surface area contributed by atoms with Crippen molar-refractivity contribution in [3.63, 3.8) is 0 Å². The summed E-state index contributed by atoms with van der Waals surface area (Å²) in [5.41, 5.74) is 9.95. The Balaban J connectivity index is 4.56. The van der Waals surface area contributed by atoms with Crippen LogP contribution in [0.1, 0.15) is 126 Å². The predicted molar refractivity (Wildman–Crippen MR) is 238 cm³/mol. The van der Waals surface area contributed by atoms with Gasteiger partial charge in [-0.05, 0) is 106 Å². The van der Waals surface area contributed by atoms with Gasteiger partial charge in [-0.3, -0.25) is 39.4 Å². The molecule has 0 fully saturated rings. The molecule has 14 nitrogen and oxygen atoms in total. The number of thioether (sulfide) groups is 2. The molecule has 0 aromatic carbocycles. The number of allylic oxidation sites excluding steroid dienone is 10. The zero-order valence-electron chi connectivity index (χ0n) is 36.1. The summed E-state index contributed by atoms with van der Waals surface area (Å²) in [6.45, 7) is 14.2. The summed E-state index contributed by atoms with van der Waals surface area (Å²) in [6, 6.07) is -1.82. The lowest BCUT2D eigenvalue weighted by atomic mass is 10.1. The van der Waals surface area contributed by atoms with Crippen molar-refractivity contribution in [2.24, 2.45) is 5.84 Å². The van der Waals surface area contributed by atoms with Crippen LogP contribution in [0.2, 0.25) is 0 Å². The number of aliphatic carboxylic acids is 1. The van der Waals surface area contributed by atoms with E-state index in [1.807, 2.05) is 26.0 Å². The second kappa shape index (κ2) is 33.7. The summed E-state index contributed by atoms with van der Waals surface area (Å²) < 4.78 is 5.38. The van der Waals surface area contributed by atoms with Crippen molar-refractivity contribution >= 4 is 59.1 Å². The van der Waals surface area contributed by atoms with Crippen molar-refractivity contribution in [1.29, 1.82) is 0 Å². The number of carbonyl (C=O) groups excluding carboxylic acids is 5. The number of nitrogens with two attached hydrogens (primary N) is 1.